The Labute approximate surface area is 156 Å². The first kappa shape index (κ1) is 17.0. The highest BCUT2D eigenvalue weighted by atomic mass is 16.5. The average molecular weight is 361 g/mol. The Balaban J connectivity index is 1.81. The lowest BCUT2D eigenvalue weighted by atomic mass is 10.0. The molecule has 27 heavy (non-hydrogen) atoms. The van der Waals surface area contributed by atoms with Crippen LogP contribution in [-0.4, -0.2) is 39.9 Å². The molecule has 3 aromatic rings. The van der Waals surface area contributed by atoms with Crippen LogP contribution in [0.2, 0.25) is 0 Å². The van der Waals surface area contributed by atoms with Gasteiger partial charge in [0.1, 0.15) is 0 Å². The van der Waals surface area contributed by atoms with E-state index in [0.717, 1.165) is 22.2 Å². The van der Waals surface area contributed by atoms with Crippen molar-refractivity contribution in [3.63, 3.8) is 0 Å². The molecular weight excluding hydrogens is 342 g/mol. The third kappa shape index (κ3) is 3.10. The van der Waals surface area contributed by atoms with Gasteiger partial charge in [0.15, 0.2) is 0 Å². The molecule has 1 amide bonds. The van der Waals surface area contributed by atoms with Crippen LogP contribution in [0.1, 0.15) is 28.5 Å². The Bertz CT molecular complexity index is 1040. The largest absolute Gasteiger partial charge is 0.462 e. The number of nitrogens with one attached hydrogen (secondary N) is 1. The highest BCUT2D eigenvalue weighted by Crippen LogP contribution is 2.31. The van der Waals surface area contributed by atoms with Gasteiger partial charge >= 0.3 is 5.97 Å². The summed E-state index contributed by atoms with van der Waals surface area (Å²) in [5.74, 6) is -0.617. The number of fused-ring (bicyclic) bond motifs is 3. The standard InChI is InChI=1S/C21H19N3O3/c1-2-27-21(26)17-13-24(20(25)14-7-10-22-11-8-14)12-9-16-15-5-3-4-6-18(15)23-19(16)17/h3-8,10-11,13,23H,2,9,12H2,1H3. The van der Waals surface area contributed by atoms with Gasteiger partial charge < -0.3 is 14.6 Å². The molecule has 1 aliphatic rings. The summed E-state index contributed by atoms with van der Waals surface area (Å²) in [7, 11) is 0. The summed E-state index contributed by atoms with van der Waals surface area (Å²) in [5, 5.41) is 1.06. The Morgan fingerprint density at radius 2 is 1.96 bits per heavy atom. The van der Waals surface area contributed by atoms with Crippen molar-refractivity contribution in [1.29, 1.82) is 0 Å². The third-order valence-corrected chi connectivity index (χ3v) is 4.65. The molecule has 6 heteroatoms. The average Bonchev–Trinajstić information content (AvgIpc) is 2.96. The molecule has 6 nitrogen and oxygen atoms in total. The van der Waals surface area contributed by atoms with Crippen LogP contribution in [0.25, 0.3) is 16.5 Å². The molecule has 0 radical (unpaired) electrons. The molecule has 2 aromatic heterocycles. The lowest BCUT2D eigenvalue weighted by Crippen LogP contribution is -2.28. The minimum Gasteiger partial charge on any atom is -0.462 e. The van der Waals surface area contributed by atoms with E-state index in [1.54, 1.807) is 42.6 Å². The number of esters is 1. The van der Waals surface area contributed by atoms with E-state index in [4.69, 9.17) is 4.74 Å². The summed E-state index contributed by atoms with van der Waals surface area (Å²) >= 11 is 0. The molecule has 0 bridgehead atoms. The van der Waals surface area contributed by atoms with E-state index in [2.05, 4.69) is 9.97 Å². The van der Waals surface area contributed by atoms with Gasteiger partial charge in [0.05, 0.1) is 17.9 Å². The van der Waals surface area contributed by atoms with Crippen molar-refractivity contribution in [2.45, 2.75) is 13.3 Å². The zero-order chi connectivity index (χ0) is 18.8. The Kier molecular flexibility index (Phi) is 4.46. The van der Waals surface area contributed by atoms with Crippen molar-refractivity contribution in [1.82, 2.24) is 14.9 Å². The van der Waals surface area contributed by atoms with Gasteiger partial charge in [-0.15, -0.1) is 0 Å². The summed E-state index contributed by atoms with van der Waals surface area (Å²) in [4.78, 5) is 34.4. The molecule has 0 unspecified atom stereocenters. The summed E-state index contributed by atoms with van der Waals surface area (Å²) < 4.78 is 5.25. The van der Waals surface area contributed by atoms with E-state index in [1.165, 1.54) is 0 Å². The van der Waals surface area contributed by atoms with Crippen LogP contribution in [0.4, 0.5) is 0 Å². The Hall–Kier alpha value is -3.41. The fraction of sp³-hybridized carbons (Fsp3) is 0.190. The van der Waals surface area contributed by atoms with E-state index >= 15 is 0 Å². The zero-order valence-corrected chi connectivity index (χ0v) is 14.9. The monoisotopic (exact) mass is 361 g/mol. The summed E-state index contributed by atoms with van der Waals surface area (Å²) in [6.45, 7) is 2.50. The van der Waals surface area contributed by atoms with Crippen molar-refractivity contribution in [2.75, 3.05) is 13.2 Å². The predicted octanol–water partition coefficient (Wildman–Crippen LogP) is 3.17. The number of carbonyl (C=O) groups is 2. The van der Waals surface area contributed by atoms with E-state index in [-0.39, 0.29) is 12.5 Å². The number of hydrogen-bond donors (Lipinski definition) is 1. The maximum Gasteiger partial charge on any atom is 0.341 e. The molecule has 0 atom stereocenters. The molecule has 1 N–H and O–H groups in total. The van der Waals surface area contributed by atoms with Gasteiger partial charge in [0.2, 0.25) is 0 Å². The van der Waals surface area contributed by atoms with Crippen molar-refractivity contribution in [3.05, 3.63) is 71.8 Å². The highest BCUT2D eigenvalue weighted by Gasteiger charge is 2.27. The van der Waals surface area contributed by atoms with Gasteiger partial charge in [-0.3, -0.25) is 9.78 Å². The number of carbonyl (C=O) groups excluding carboxylic acids is 2. The number of nitrogens with zero attached hydrogens (tertiary/aromatic N) is 2. The Morgan fingerprint density at radius 1 is 1.19 bits per heavy atom. The topological polar surface area (TPSA) is 75.3 Å². The maximum atomic E-state index is 12.9. The number of para-hydroxylation sites is 1. The SMILES string of the molecule is CCOC(=O)C1=CN(C(=O)c2ccncc2)CCc2c1[nH]c1ccccc21. The fourth-order valence-electron chi connectivity index (χ4n) is 3.39. The second kappa shape index (κ2) is 7.07. The molecule has 0 spiro atoms. The number of amides is 1. The molecule has 3 heterocycles. The van der Waals surface area contributed by atoms with Crippen LogP contribution in [0.3, 0.4) is 0 Å². The number of hydrogen-bond acceptors (Lipinski definition) is 4. The summed E-state index contributed by atoms with van der Waals surface area (Å²) in [6.07, 6.45) is 5.39. The van der Waals surface area contributed by atoms with E-state index in [9.17, 15) is 9.59 Å². The van der Waals surface area contributed by atoms with Crippen LogP contribution < -0.4 is 0 Å². The first-order valence-electron chi connectivity index (χ1n) is 8.89. The molecule has 0 saturated heterocycles. The minimum atomic E-state index is -0.445. The van der Waals surface area contributed by atoms with Gasteiger partial charge in [0.25, 0.3) is 5.91 Å². The van der Waals surface area contributed by atoms with Crippen LogP contribution in [0, 0.1) is 0 Å². The normalized spacial score (nSPS) is 13.7. The molecule has 0 aliphatic carbocycles. The van der Waals surface area contributed by atoms with Crippen molar-refractivity contribution in [2.24, 2.45) is 0 Å². The second-order valence-electron chi connectivity index (χ2n) is 6.27. The number of ether oxygens (including phenoxy) is 1. The van der Waals surface area contributed by atoms with Crippen molar-refractivity contribution in [3.8, 4) is 0 Å². The number of benzene rings is 1. The van der Waals surface area contributed by atoms with Gasteiger partial charge in [-0.2, -0.15) is 0 Å². The van der Waals surface area contributed by atoms with Crippen molar-refractivity contribution >= 4 is 28.4 Å². The third-order valence-electron chi connectivity index (χ3n) is 4.65. The molecule has 136 valence electrons. The number of pyridine rings is 1. The van der Waals surface area contributed by atoms with Gasteiger partial charge in [-0.05, 0) is 37.1 Å². The molecular formula is C21H19N3O3. The number of aromatic amines is 1. The summed E-state index contributed by atoms with van der Waals surface area (Å²) in [5.41, 5.74) is 3.60. The second-order valence-corrected chi connectivity index (χ2v) is 6.27. The number of H-pyrrole nitrogens is 1. The summed E-state index contributed by atoms with van der Waals surface area (Å²) in [6, 6.07) is 11.3. The van der Waals surface area contributed by atoms with E-state index in [0.29, 0.717) is 24.1 Å². The highest BCUT2D eigenvalue weighted by molar-refractivity contribution is 6.18. The van der Waals surface area contributed by atoms with Crippen LogP contribution in [0.15, 0.2) is 55.0 Å². The lowest BCUT2D eigenvalue weighted by Gasteiger charge is -2.17. The zero-order valence-electron chi connectivity index (χ0n) is 14.9. The molecule has 1 aromatic carbocycles. The molecule has 0 fully saturated rings. The van der Waals surface area contributed by atoms with Crippen LogP contribution in [0.5, 0.6) is 0 Å². The smallest absolute Gasteiger partial charge is 0.341 e. The lowest BCUT2D eigenvalue weighted by molar-refractivity contribution is -0.136. The first-order valence-corrected chi connectivity index (χ1v) is 8.89. The van der Waals surface area contributed by atoms with Gasteiger partial charge in [-0.25, -0.2) is 4.79 Å². The number of aromatic nitrogens is 2. The molecule has 4 rings (SSSR count). The van der Waals surface area contributed by atoms with E-state index in [1.807, 2.05) is 24.3 Å². The minimum absolute atomic E-state index is 0.173. The maximum absolute atomic E-state index is 12.9. The predicted molar refractivity (Wildman–Crippen MR) is 102 cm³/mol. The molecule has 0 saturated carbocycles. The first-order chi connectivity index (χ1) is 13.2. The quantitative estimate of drug-likeness (QED) is 0.727. The molecule has 1 aliphatic heterocycles. The Morgan fingerprint density at radius 3 is 2.74 bits per heavy atom. The van der Waals surface area contributed by atoms with Crippen LogP contribution >= 0.6 is 0 Å². The van der Waals surface area contributed by atoms with Crippen molar-refractivity contribution < 1.29 is 14.3 Å². The van der Waals surface area contributed by atoms with E-state index < -0.39 is 5.97 Å². The number of rotatable bonds is 3. The van der Waals surface area contributed by atoms with Crippen LogP contribution in [-0.2, 0) is 16.0 Å². The fourth-order valence-corrected chi connectivity index (χ4v) is 3.39. The van der Waals surface area contributed by atoms with Gasteiger partial charge in [-0.1, -0.05) is 18.2 Å². The van der Waals surface area contributed by atoms with Gasteiger partial charge in [0, 0.05) is 41.6 Å².